The summed E-state index contributed by atoms with van der Waals surface area (Å²) >= 11 is 0. The van der Waals surface area contributed by atoms with E-state index in [1.54, 1.807) is 55.5 Å². The van der Waals surface area contributed by atoms with Crippen LogP contribution in [0.5, 0.6) is 11.5 Å². The van der Waals surface area contributed by atoms with Gasteiger partial charge in [0, 0.05) is 29.6 Å². The number of aliphatic carboxylic acids is 1. The Balaban J connectivity index is 1.87. The number of anilines is 2. The summed E-state index contributed by atoms with van der Waals surface area (Å²) in [4.78, 5) is 40.0. The maximum Gasteiger partial charge on any atom is 0.341 e. The van der Waals surface area contributed by atoms with Gasteiger partial charge in [0.05, 0.1) is 18.6 Å². The molecule has 13 nitrogen and oxygen atoms in total. The van der Waals surface area contributed by atoms with E-state index in [2.05, 4.69) is 20.8 Å². The Bertz CT molecular complexity index is 1380. The lowest BCUT2D eigenvalue weighted by Crippen LogP contribution is -2.18. The Morgan fingerprint density at radius 1 is 1.08 bits per heavy atom. The molecule has 3 aromatic rings. The maximum absolute atomic E-state index is 13.0. The average Bonchev–Trinajstić information content (AvgIpc) is 2.91. The molecule has 204 valence electrons. The number of oxime groups is 1. The van der Waals surface area contributed by atoms with E-state index >= 15 is 0 Å². The van der Waals surface area contributed by atoms with Crippen LogP contribution in [0, 0.1) is 0 Å². The Kier molecular flexibility index (Phi) is 9.62. The lowest BCUT2D eigenvalue weighted by atomic mass is 10.1. The largest absolute Gasteiger partial charge is 0.490 e. The lowest BCUT2D eigenvalue weighted by molar-refractivity contribution is -0.139. The van der Waals surface area contributed by atoms with Crippen molar-refractivity contribution in [2.24, 2.45) is 16.6 Å². The number of benzene rings is 2. The number of ether oxygens (including phenoxy) is 2. The molecule has 0 fully saturated rings. The number of nitrogens with zero attached hydrogens (tertiary/aromatic N) is 2. The maximum atomic E-state index is 13.0. The third kappa shape index (κ3) is 7.82. The second-order valence-corrected chi connectivity index (χ2v) is 8.11. The summed E-state index contributed by atoms with van der Waals surface area (Å²) in [7, 11) is 0. The van der Waals surface area contributed by atoms with Crippen LogP contribution < -0.4 is 31.6 Å². The number of nitrogens with two attached hydrogens (primary N) is 2. The summed E-state index contributed by atoms with van der Waals surface area (Å²) in [6.45, 7) is 1.45. The van der Waals surface area contributed by atoms with Gasteiger partial charge in [-0.3, -0.25) is 9.59 Å². The summed E-state index contributed by atoms with van der Waals surface area (Å²) in [6.07, 6.45) is 1.43. The van der Waals surface area contributed by atoms with Crippen molar-refractivity contribution in [1.29, 1.82) is 0 Å². The van der Waals surface area contributed by atoms with Gasteiger partial charge in [-0.25, -0.2) is 9.78 Å². The zero-order valence-corrected chi connectivity index (χ0v) is 21.0. The third-order valence-corrected chi connectivity index (χ3v) is 5.25. The van der Waals surface area contributed by atoms with Crippen LogP contribution in [0.25, 0.3) is 0 Å². The predicted octanol–water partition coefficient (Wildman–Crippen LogP) is 1.93. The van der Waals surface area contributed by atoms with Crippen molar-refractivity contribution in [2.75, 3.05) is 23.8 Å². The zero-order chi connectivity index (χ0) is 28.4. The van der Waals surface area contributed by atoms with Crippen molar-refractivity contribution >= 4 is 35.1 Å². The van der Waals surface area contributed by atoms with Crippen molar-refractivity contribution < 1.29 is 34.2 Å². The van der Waals surface area contributed by atoms with E-state index in [1.165, 1.54) is 6.20 Å². The van der Waals surface area contributed by atoms with E-state index in [9.17, 15) is 14.4 Å². The van der Waals surface area contributed by atoms with Crippen molar-refractivity contribution in [3.05, 3.63) is 77.0 Å². The first-order chi connectivity index (χ1) is 18.7. The standard InChI is InChI=1S/C26H28N6O7/c1-2-38-20-11-15(12-21(27)33)10-17(23(20)39-14-22(34)35)13-30-25-19(4-3-9-29-25)26(36)31-18-7-5-16(6-8-18)24(28)32-37/h3-11,37H,2,12-14H2,1H3,(H2,27,33)(H2,28,32)(H,29,30)(H,31,36)(H,34,35). The van der Waals surface area contributed by atoms with Crippen LogP contribution in [-0.2, 0) is 22.6 Å². The van der Waals surface area contributed by atoms with Gasteiger partial charge in [-0.1, -0.05) is 5.16 Å². The molecule has 1 heterocycles. The summed E-state index contributed by atoms with van der Waals surface area (Å²) in [5.41, 5.74) is 13.1. The molecule has 0 aliphatic rings. The molecule has 0 bridgehead atoms. The van der Waals surface area contributed by atoms with Crippen molar-refractivity contribution in [2.45, 2.75) is 19.9 Å². The molecule has 0 saturated carbocycles. The normalized spacial score (nSPS) is 10.9. The number of primary amides is 1. The molecule has 0 spiro atoms. The Morgan fingerprint density at radius 2 is 1.82 bits per heavy atom. The summed E-state index contributed by atoms with van der Waals surface area (Å²) in [6, 6.07) is 12.8. The van der Waals surface area contributed by atoms with Crippen LogP contribution in [0.4, 0.5) is 11.5 Å². The summed E-state index contributed by atoms with van der Waals surface area (Å²) < 4.78 is 11.1. The molecule has 3 rings (SSSR count). The highest BCUT2D eigenvalue weighted by molar-refractivity contribution is 6.07. The first-order valence-corrected chi connectivity index (χ1v) is 11.7. The van der Waals surface area contributed by atoms with Gasteiger partial charge in [-0.05, 0) is 61.0 Å². The minimum atomic E-state index is -1.18. The third-order valence-electron chi connectivity index (χ3n) is 5.25. The topological polar surface area (TPSA) is 211 Å². The van der Waals surface area contributed by atoms with Gasteiger partial charge in [-0.2, -0.15) is 0 Å². The molecule has 0 atom stereocenters. The van der Waals surface area contributed by atoms with Crippen molar-refractivity contribution in [3.8, 4) is 11.5 Å². The van der Waals surface area contributed by atoms with Gasteiger partial charge < -0.3 is 41.9 Å². The average molecular weight is 537 g/mol. The highest BCUT2D eigenvalue weighted by Gasteiger charge is 2.18. The molecule has 0 aliphatic carbocycles. The number of amides is 2. The number of pyridine rings is 1. The Hall–Kier alpha value is -5.33. The van der Waals surface area contributed by atoms with Crippen LogP contribution in [0.3, 0.4) is 0 Å². The van der Waals surface area contributed by atoms with Gasteiger partial charge in [0.2, 0.25) is 5.91 Å². The molecule has 2 amide bonds. The molecule has 0 saturated heterocycles. The van der Waals surface area contributed by atoms with Gasteiger partial charge in [0.25, 0.3) is 5.91 Å². The molecule has 0 unspecified atom stereocenters. The first-order valence-electron chi connectivity index (χ1n) is 11.7. The fraction of sp³-hybridized carbons (Fsp3) is 0.192. The number of nitrogens with one attached hydrogen (secondary N) is 2. The lowest BCUT2D eigenvalue weighted by Gasteiger charge is -2.18. The summed E-state index contributed by atoms with van der Waals surface area (Å²) in [5, 5.41) is 26.7. The zero-order valence-electron chi connectivity index (χ0n) is 21.0. The van der Waals surface area contributed by atoms with E-state index < -0.39 is 24.4 Å². The van der Waals surface area contributed by atoms with Gasteiger partial charge >= 0.3 is 5.97 Å². The molecule has 39 heavy (non-hydrogen) atoms. The van der Waals surface area contributed by atoms with Crippen LogP contribution in [-0.4, -0.2) is 52.1 Å². The smallest absolute Gasteiger partial charge is 0.341 e. The van der Waals surface area contributed by atoms with E-state index in [0.717, 1.165) is 0 Å². The number of amidine groups is 1. The second-order valence-electron chi connectivity index (χ2n) is 8.11. The highest BCUT2D eigenvalue weighted by Crippen LogP contribution is 2.34. The minimum Gasteiger partial charge on any atom is -0.490 e. The van der Waals surface area contributed by atoms with Gasteiger partial charge in [0.1, 0.15) is 5.82 Å². The van der Waals surface area contributed by atoms with E-state index in [1.807, 2.05) is 0 Å². The molecule has 0 radical (unpaired) electrons. The Labute approximate surface area is 223 Å². The number of aromatic nitrogens is 1. The number of hydrogen-bond donors (Lipinski definition) is 6. The number of carbonyl (C=O) groups excluding carboxylic acids is 2. The van der Waals surface area contributed by atoms with Crippen molar-refractivity contribution in [1.82, 2.24) is 4.98 Å². The minimum absolute atomic E-state index is 0.0490. The number of carbonyl (C=O) groups is 3. The SMILES string of the molecule is CCOc1cc(CC(N)=O)cc(CNc2ncccc2C(=O)Nc2ccc(/C(N)=N/O)cc2)c1OCC(=O)O. The number of carboxylic acids is 1. The van der Waals surface area contributed by atoms with E-state index in [4.69, 9.17) is 31.3 Å². The van der Waals surface area contributed by atoms with Crippen molar-refractivity contribution in [3.63, 3.8) is 0 Å². The molecule has 1 aromatic heterocycles. The van der Waals surface area contributed by atoms with Crippen LogP contribution >= 0.6 is 0 Å². The number of carboxylic acid groups (broad SMARTS) is 1. The predicted molar refractivity (Wildman–Crippen MR) is 142 cm³/mol. The quantitative estimate of drug-likeness (QED) is 0.0808. The molecule has 13 heteroatoms. The van der Waals surface area contributed by atoms with Gasteiger partial charge in [-0.15, -0.1) is 0 Å². The fourth-order valence-electron chi connectivity index (χ4n) is 3.61. The monoisotopic (exact) mass is 536 g/mol. The molecule has 2 aromatic carbocycles. The van der Waals surface area contributed by atoms with Crippen LogP contribution in [0.15, 0.2) is 59.9 Å². The molecular weight excluding hydrogens is 508 g/mol. The fourth-order valence-corrected chi connectivity index (χ4v) is 3.61. The second kappa shape index (κ2) is 13.3. The Morgan fingerprint density at radius 3 is 2.46 bits per heavy atom. The number of hydrogen-bond acceptors (Lipinski definition) is 9. The highest BCUT2D eigenvalue weighted by atomic mass is 16.5. The first kappa shape index (κ1) is 28.2. The molecular formula is C26H28N6O7. The van der Waals surface area contributed by atoms with E-state index in [0.29, 0.717) is 22.4 Å². The summed E-state index contributed by atoms with van der Waals surface area (Å²) in [5.74, 6) is -1.59. The molecule has 0 aliphatic heterocycles. The van der Waals surface area contributed by atoms with E-state index in [-0.39, 0.29) is 48.3 Å². The van der Waals surface area contributed by atoms with Gasteiger partial charge in [0.15, 0.2) is 23.9 Å². The van der Waals surface area contributed by atoms with Crippen LogP contribution in [0.2, 0.25) is 0 Å². The molecule has 8 N–H and O–H groups in total. The number of rotatable bonds is 13. The van der Waals surface area contributed by atoms with Crippen LogP contribution in [0.1, 0.15) is 34.0 Å².